The van der Waals surface area contributed by atoms with Crippen LogP contribution in [0.5, 0.6) is 0 Å². The first kappa shape index (κ1) is 7.74. The molecule has 1 nitrogen and oxygen atoms in total. The number of hydrogen-bond acceptors (Lipinski definition) is 1. The third-order valence-corrected chi connectivity index (χ3v) is 2.38. The van der Waals surface area contributed by atoms with Gasteiger partial charge in [-0.05, 0) is 24.0 Å². The predicted molar refractivity (Wildman–Crippen MR) is 46.6 cm³/mol. The SMILES string of the molecule is NC1Cc2ccccc2C(F)C1. The maximum Gasteiger partial charge on any atom is 0.127 e. The summed E-state index contributed by atoms with van der Waals surface area (Å²) in [6, 6.07) is 7.62. The zero-order valence-electron chi connectivity index (χ0n) is 6.83. The molecule has 64 valence electrons. The zero-order chi connectivity index (χ0) is 8.55. The number of rotatable bonds is 0. The van der Waals surface area contributed by atoms with Crippen LogP contribution in [0.4, 0.5) is 4.39 Å². The molecule has 0 heterocycles. The van der Waals surface area contributed by atoms with E-state index in [1.165, 1.54) is 0 Å². The van der Waals surface area contributed by atoms with Crippen LogP contribution in [0.15, 0.2) is 24.3 Å². The molecule has 1 aromatic rings. The van der Waals surface area contributed by atoms with Crippen LogP contribution in [-0.4, -0.2) is 6.04 Å². The van der Waals surface area contributed by atoms with Gasteiger partial charge in [0.1, 0.15) is 6.17 Å². The van der Waals surface area contributed by atoms with Crippen LogP contribution in [0.3, 0.4) is 0 Å². The minimum atomic E-state index is -0.857. The Labute approximate surface area is 71.4 Å². The lowest BCUT2D eigenvalue weighted by Crippen LogP contribution is -2.29. The third-order valence-electron chi connectivity index (χ3n) is 2.38. The molecule has 1 aliphatic carbocycles. The summed E-state index contributed by atoms with van der Waals surface area (Å²) in [5.74, 6) is 0. The highest BCUT2D eigenvalue weighted by molar-refractivity contribution is 5.32. The highest BCUT2D eigenvalue weighted by atomic mass is 19.1. The summed E-state index contributed by atoms with van der Waals surface area (Å²) in [7, 11) is 0. The van der Waals surface area contributed by atoms with Gasteiger partial charge in [-0.15, -0.1) is 0 Å². The van der Waals surface area contributed by atoms with Gasteiger partial charge in [-0.3, -0.25) is 0 Å². The molecule has 2 N–H and O–H groups in total. The van der Waals surface area contributed by atoms with Crippen LogP contribution >= 0.6 is 0 Å². The van der Waals surface area contributed by atoms with Crippen LogP contribution < -0.4 is 5.73 Å². The highest BCUT2D eigenvalue weighted by Crippen LogP contribution is 2.31. The van der Waals surface area contributed by atoms with Crippen molar-refractivity contribution in [3.8, 4) is 0 Å². The van der Waals surface area contributed by atoms with E-state index in [0.717, 1.165) is 17.5 Å². The van der Waals surface area contributed by atoms with Crippen molar-refractivity contribution in [3.63, 3.8) is 0 Å². The number of benzene rings is 1. The average molecular weight is 165 g/mol. The molecule has 0 bridgehead atoms. The molecule has 0 saturated carbocycles. The predicted octanol–water partition coefficient (Wildman–Crippen LogP) is 1.97. The van der Waals surface area contributed by atoms with E-state index in [1.807, 2.05) is 24.3 Å². The lowest BCUT2D eigenvalue weighted by atomic mass is 9.87. The Balaban J connectivity index is 2.40. The van der Waals surface area contributed by atoms with E-state index in [4.69, 9.17) is 5.73 Å². The molecule has 2 unspecified atom stereocenters. The normalized spacial score (nSPS) is 28.2. The molecule has 12 heavy (non-hydrogen) atoms. The van der Waals surface area contributed by atoms with Crippen molar-refractivity contribution >= 4 is 0 Å². The van der Waals surface area contributed by atoms with Gasteiger partial charge in [0.25, 0.3) is 0 Å². The Bertz CT molecular complexity index is 285. The van der Waals surface area contributed by atoms with Gasteiger partial charge in [-0.2, -0.15) is 0 Å². The monoisotopic (exact) mass is 165 g/mol. The van der Waals surface area contributed by atoms with Gasteiger partial charge in [-0.25, -0.2) is 4.39 Å². The van der Waals surface area contributed by atoms with Crippen LogP contribution in [-0.2, 0) is 6.42 Å². The van der Waals surface area contributed by atoms with Crippen molar-refractivity contribution in [2.45, 2.75) is 25.1 Å². The van der Waals surface area contributed by atoms with Crippen molar-refractivity contribution in [1.82, 2.24) is 0 Å². The fourth-order valence-corrected chi connectivity index (χ4v) is 1.78. The van der Waals surface area contributed by atoms with Crippen LogP contribution in [0.2, 0.25) is 0 Å². The van der Waals surface area contributed by atoms with Crippen molar-refractivity contribution in [3.05, 3.63) is 35.4 Å². The molecule has 0 spiro atoms. The molecule has 0 aromatic heterocycles. The summed E-state index contributed by atoms with van der Waals surface area (Å²) in [5.41, 5.74) is 7.61. The van der Waals surface area contributed by atoms with Gasteiger partial charge in [0.2, 0.25) is 0 Å². The summed E-state index contributed by atoms with van der Waals surface area (Å²) in [6.45, 7) is 0. The van der Waals surface area contributed by atoms with Crippen molar-refractivity contribution in [2.24, 2.45) is 5.73 Å². The Kier molecular flexibility index (Phi) is 1.85. The largest absolute Gasteiger partial charge is 0.327 e. The quantitative estimate of drug-likeness (QED) is 0.625. The van der Waals surface area contributed by atoms with Gasteiger partial charge in [0, 0.05) is 6.04 Å². The summed E-state index contributed by atoms with van der Waals surface area (Å²) >= 11 is 0. The van der Waals surface area contributed by atoms with E-state index in [2.05, 4.69) is 0 Å². The van der Waals surface area contributed by atoms with E-state index in [-0.39, 0.29) is 6.04 Å². The Morgan fingerprint density at radius 1 is 1.33 bits per heavy atom. The molecule has 1 aromatic carbocycles. The third kappa shape index (κ3) is 1.23. The van der Waals surface area contributed by atoms with Gasteiger partial charge in [-0.1, -0.05) is 24.3 Å². The minimum Gasteiger partial charge on any atom is -0.327 e. The first-order chi connectivity index (χ1) is 5.77. The fourth-order valence-electron chi connectivity index (χ4n) is 1.78. The highest BCUT2D eigenvalue weighted by Gasteiger charge is 2.23. The Hall–Kier alpha value is -0.890. The molecule has 0 fully saturated rings. The first-order valence-electron chi connectivity index (χ1n) is 4.25. The Morgan fingerprint density at radius 2 is 2.08 bits per heavy atom. The van der Waals surface area contributed by atoms with E-state index >= 15 is 0 Å². The van der Waals surface area contributed by atoms with Gasteiger partial charge in [0.15, 0.2) is 0 Å². The number of fused-ring (bicyclic) bond motifs is 1. The fraction of sp³-hybridized carbons (Fsp3) is 0.400. The number of alkyl halides is 1. The molecule has 2 rings (SSSR count). The van der Waals surface area contributed by atoms with Gasteiger partial charge >= 0.3 is 0 Å². The second-order valence-corrected chi connectivity index (χ2v) is 3.37. The summed E-state index contributed by atoms with van der Waals surface area (Å²) < 4.78 is 13.3. The van der Waals surface area contributed by atoms with Crippen molar-refractivity contribution in [1.29, 1.82) is 0 Å². The van der Waals surface area contributed by atoms with E-state index in [9.17, 15) is 4.39 Å². The molecule has 0 amide bonds. The van der Waals surface area contributed by atoms with Gasteiger partial charge in [0.05, 0.1) is 0 Å². The van der Waals surface area contributed by atoms with Gasteiger partial charge < -0.3 is 5.73 Å². The molecule has 2 atom stereocenters. The van der Waals surface area contributed by atoms with E-state index in [1.54, 1.807) is 0 Å². The molecule has 1 aliphatic rings. The van der Waals surface area contributed by atoms with Crippen LogP contribution in [0, 0.1) is 0 Å². The summed E-state index contributed by atoms with van der Waals surface area (Å²) in [4.78, 5) is 0. The second-order valence-electron chi connectivity index (χ2n) is 3.37. The lowest BCUT2D eigenvalue weighted by Gasteiger charge is -2.24. The van der Waals surface area contributed by atoms with E-state index in [0.29, 0.717) is 6.42 Å². The number of hydrogen-bond donors (Lipinski definition) is 1. The number of halogens is 1. The minimum absolute atomic E-state index is 0.00472. The summed E-state index contributed by atoms with van der Waals surface area (Å²) in [6.07, 6.45) is 0.429. The first-order valence-corrected chi connectivity index (χ1v) is 4.25. The molecule has 0 saturated heterocycles. The smallest absolute Gasteiger partial charge is 0.127 e. The molecule has 0 aliphatic heterocycles. The standard InChI is InChI=1S/C10H12FN/c11-10-6-8(12)5-7-3-1-2-4-9(7)10/h1-4,8,10H,5-6,12H2. The van der Waals surface area contributed by atoms with E-state index < -0.39 is 6.17 Å². The molecule has 2 heteroatoms. The Morgan fingerprint density at radius 3 is 2.92 bits per heavy atom. The van der Waals surface area contributed by atoms with Crippen LogP contribution in [0.25, 0.3) is 0 Å². The molecular formula is C10H12FN. The number of nitrogens with two attached hydrogens (primary N) is 1. The van der Waals surface area contributed by atoms with Crippen LogP contribution in [0.1, 0.15) is 23.7 Å². The lowest BCUT2D eigenvalue weighted by molar-refractivity contribution is 0.285. The maximum atomic E-state index is 13.3. The summed E-state index contributed by atoms with van der Waals surface area (Å²) in [5, 5.41) is 0. The van der Waals surface area contributed by atoms with Crippen molar-refractivity contribution in [2.75, 3.05) is 0 Å². The maximum absolute atomic E-state index is 13.3. The second kappa shape index (κ2) is 2.87. The molecular weight excluding hydrogens is 153 g/mol. The average Bonchev–Trinajstić information content (AvgIpc) is 2.04. The van der Waals surface area contributed by atoms with Crippen molar-refractivity contribution < 1.29 is 4.39 Å². The molecule has 0 radical (unpaired) electrons. The topological polar surface area (TPSA) is 26.0 Å². The zero-order valence-corrected chi connectivity index (χ0v) is 6.83.